The van der Waals surface area contributed by atoms with E-state index in [4.69, 9.17) is 16.3 Å². The van der Waals surface area contributed by atoms with Crippen LogP contribution in [0.3, 0.4) is 0 Å². The lowest BCUT2D eigenvalue weighted by atomic mass is 10.2. The van der Waals surface area contributed by atoms with Crippen molar-refractivity contribution >= 4 is 41.3 Å². The van der Waals surface area contributed by atoms with Crippen molar-refractivity contribution in [3.8, 4) is 5.75 Å². The maximum absolute atomic E-state index is 13.4. The number of halogens is 2. The van der Waals surface area contributed by atoms with Gasteiger partial charge in [0.15, 0.2) is 6.67 Å². The van der Waals surface area contributed by atoms with Crippen molar-refractivity contribution in [2.24, 2.45) is 5.10 Å². The second-order valence-electron chi connectivity index (χ2n) is 8.79. The highest BCUT2D eigenvalue weighted by atomic mass is 35.5. The molecular formula is C25H33Cl2N5O3. The zero-order chi connectivity index (χ0) is 24.0. The van der Waals surface area contributed by atoms with Gasteiger partial charge < -0.3 is 14.8 Å². The Balaban J connectivity index is 0.00000342. The van der Waals surface area contributed by atoms with Gasteiger partial charge in [0.2, 0.25) is 5.78 Å². The summed E-state index contributed by atoms with van der Waals surface area (Å²) in [4.78, 5) is 16.9. The molecule has 0 aliphatic carbocycles. The summed E-state index contributed by atoms with van der Waals surface area (Å²) in [6.07, 6.45) is 0.881. The summed E-state index contributed by atoms with van der Waals surface area (Å²) in [5.41, 5.74) is 1.16. The van der Waals surface area contributed by atoms with Gasteiger partial charge in [-0.05, 0) is 36.8 Å². The standard InChI is InChI=1S/C25H32ClN5O3.ClH/c1-21(32)25-27-30(20-31(25,33)17-18-34-24-9-3-2-4-10-24)12-6-11-28-13-15-29(16-14-28)23-8-5-7-22(26)19-23;/h2-5,7-10,19H,6,11-18,20H2,1H3;1H. The topological polar surface area (TPSA) is 71.4 Å². The van der Waals surface area contributed by atoms with E-state index in [1.54, 1.807) is 5.01 Å². The van der Waals surface area contributed by atoms with Gasteiger partial charge in [0, 0.05) is 56.9 Å². The van der Waals surface area contributed by atoms with Crippen molar-refractivity contribution in [3.63, 3.8) is 0 Å². The minimum atomic E-state index is -0.763. The molecule has 190 valence electrons. The summed E-state index contributed by atoms with van der Waals surface area (Å²) in [5.74, 6) is 0.489. The maximum Gasteiger partial charge on any atom is 0.289 e. The summed E-state index contributed by atoms with van der Waals surface area (Å²) in [5, 5.41) is 20.3. The number of benzene rings is 2. The highest BCUT2D eigenvalue weighted by Crippen LogP contribution is 2.22. The first-order valence-electron chi connectivity index (χ1n) is 11.8. The monoisotopic (exact) mass is 521 g/mol. The minimum absolute atomic E-state index is 0. The smallest absolute Gasteiger partial charge is 0.289 e. The molecule has 0 aromatic heterocycles. The van der Waals surface area contributed by atoms with Crippen molar-refractivity contribution in [3.05, 3.63) is 64.8 Å². The number of piperazine rings is 1. The van der Waals surface area contributed by atoms with Crippen molar-refractivity contribution in [1.82, 2.24) is 9.91 Å². The highest BCUT2D eigenvalue weighted by molar-refractivity contribution is 6.35. The van der Waals surface area contributed by atoms with Gasteiger partial charge in [-0.2, -0.15) is 0 Å². The Morgan fingerprint density at radius 3 is 2.51 bits per heavy atom. The van der Waals surface area contributed by atoms with Crippen LogP contribution in [0.4, 0.5) is 5.69 Å². The fraction of sp³-hybridized carbons (Fsp3) is 0.440. The molecule has 2 aromatic carbocycles. The molecular weight excluding hydrogens is 489 g/mol. The quantitative estimate of drug-likeness (QED) is 0.349. The number of para-hydroxylation sites is 1. The number of anilines is 1. The molecule has 1 unspecified atom stereocenters. The zero-order valence-electron chi connectivity index (χ0n) is 20.0. The first-order valence-corrected chi connectivity index (χ1v) is 12.1. The van der Waals surface area contributed by atoms with E-state index in [-0.39, 0.29) is 43.8 Å². The molecule has 0 saturated carbocycles. The van der Waals surface area contributed by atoms with Gasteiger partial charge in [-0.15, -0.1) is 17.5 Å². The number of ketones is 1. The molecule has 2 aliphatic rings. The molecule has 0 N–H and O–H groups in total. The average molecular weight is 522 g/mol. The van der Waals surface area contributed by atoms with Gasteiger partial charge in [-0.25, -0.2) is 5.01 Å². The normalized spacial score (nSPS) is 20.4. The Morgan fingerprint density at radius 2 is 1.83 bits per heavy atom. The largest absolute Gasteiger partial charge is 0.625 e. The van der Waals surface area contributed by atoms with E-state index < -0.39 is 4.65 Å². The van der Waals surface area contributed by atoms with Crippen LogP contribution >= 0.6 is 24.0 Å². The zero-order valence-corrected chi connectivity index (χ0v) is 21.6. The number of hydroxylamine groups is 3. The highest BCUT2D eigenvalue weighted by Gasteiger charge is 2.37. The van der Waals surface area contributed by atoms with Gasteiger partial charge in [-0.3, -0.25) is 14.3 Å². The molecule has 8 nitrogen and oxygen atoms in total. The summed E-state index contributed by atoms with van der Waals surface area (Å²) < 4.78 is 4.92. The second kappa shape index (κ2) is 12.6. The minimum Gasteiger partial charge on any atom is -0.625 e. The van der Waals surface area contributed by atoms with Crippen LogP contribution in [0, 0.1) is 5.21 Å². The molecule has 4 rings (SSSR count). The molecule has 0 bridgehead atoms. The van der Waals surface area contributed by atoms with Crippen molar-refractivity contribution in [1.29, 1.82) is 0 Å². The number of hydrogen-bond donors (Lipinski definition) is 0. The predicted molar refractivity (Wildman–Crippen MR) is 142 cm³/mol. The molecule has 2 heterocycles. The van der Waals surface area contributed by atoms with Crippen LogP contribution in [0.25, 0.3) is 0 Å². The number of ether oxygens (including phenoxy) is 1. The van der Waals surface area contributed by atoms with Crippen LogP contribution in [0.15, 0.2) is 59.7 Å². The fourth-order valence-electron chi connectivity index (χ4n) is 4.44. The lowest BCUT2D eigenvalue weighted by Crippen LogP contribution is -2.51. The Morgan fingerprint density at radius 1 is 1.09 bits per heavy atom. The van der Waals surface area contributed by atoms with E-state index in [9.17, 15) is 10.0 Å². The Kier molecular flexibility index (Phi) is 9.77. The SMILES string of the molecule is CC(=O)C1=NN(CCCN2CCN(c3cccc(Cl)c3)CC2)C[N+]1([O-])CCOc1ccccc1.Cl. The Hall–Kier alpha value is -2.36. The van der Waals surface area contributed by atoms with Crippen molar-refractivity contribution < 1.29 is 14.2 Å². The Bertz CT molecular complexity index is 1000. The van der Waals surface area contributed by atoms with Gasteiger partial charge >= 0.3 is 0 Å². The summed E-state index contributed by atoms with van der Waals surface area (Å²) in [7, 11) is 0. The van der Waals surface area contributed by atoms with Crippen LogP contribution in [-0.2, 0) is 4.79 Å². The molecule has 2 aliphatic heterocycles. The molecule has 35 heavy (non-hydrogen) atoms. The number of Topliss-reactive ketones (excluding diaryl/α,β-unsaturated/α-hetero) is 1. The van der Waals surface area contributed by atoms with Crippen molar-refractivity contribution in [2.45, 2.75) is 13.3 Å². The molecule has 1 atom stereocenters. The number of rotatable bonds is 10. The number of carbonyl (C=O) groups is 1. The van der Waals surface area contributed by atoms with Gasteiger partial charge in [0.1, 0.15) is 18.9 Å². The third-order valence-corrected chi connectivity index (χ3v) is 6.46. The van der Waals surface area contributed by atoms with Crippen LogP contribution in [0.1, 0.15) is 13.3 Å². The number of nitrogens with zero attached hydrogens (tertiary/aromatic N) is 5. The number of hydrazone groups is 1. The third-order valence-electron chi connectivity index (χ3n) is 6.23. The molecule has 0 amide bonds. The van der Waals surface area contributed by atoms with E-state index in [0.717, 1.165) is 49.9 Å². The molecule has 10 heteroatoms. The van der Waals surface area contributed by atoms with Crippen molar-refractivity contribution in [2.75, 3.05) is 64.0 Å². The van der Waals surface area contributed by atoms with Gasteiger partial charge in [0.25, 0.3) is 5.84 Å². The van der Waals surface area contributed by atoms with Crippen LogP contribution in [-0.4, -0.2) is 85.3 Å². The van der Waals surface area contributed by atoms with Crippen LogP contribution in [0.5, 0.6) is 5.75 Å². The first kappa shape index (κ1) is 27.2. The summed E-state index contributed by atoms with van der Waals surface area (Å²) in [6.45, 7) is 7.38. The molecule has 0 radical (unpaired) electrons. The van der Waals surface area contributed by atoms with Gasteiger partial charge in [0.05, 0.1) is 0 Å². The second-order valence-corrected chi connectivity index (χ2v) is 9.22. The van der Waals surface area contributed by atoms with E-state index in [2.05, 4.69) is 21.0 Å². The van der Waals surface area contributed by atoms with Crippen LogP contribution in [0.2, 0.25) is 5.02 Å². The number of quaternary nitrogens is 1. The van der Waals surface area contributed by atoms with Crippen LogP contribution < -0.4 is 9.64 Å². The summed E-state index contributed by atoms with van der Waals surface area (Å²) >= 11 is 6.13. The van der Waals surface area contributed by atoms with Gasteiger partial charge in [-0.1, -0.05) is 35.9 Å². The van der Waals surface area contributed by atoms with E-state index in [1.165, 1.54) is 6.92 Å². The third kappa shape index (κ3) is 7.32. The lowest BCUT2D eigenvalue weighted by molar-refractivity contribution is -0.791. The molecule has 2 aromatic rings. The lowest BCUT2D eigenvalue weighted by Gasteiger charge is -2.37. The molecule has 1 saturated heterocycles. The average Bonchev–Trinajstić information content (AvgIpc) is 3.17. The Labute approximate surface area is 218 Å². The molecule has 0 spiro atoms. The maximum atomic E-state index is 13.4. The van der Waals surface area contributed by atoms with E-state index in [0.29, 0.717) is 12.3 Å². The number of hydrogen-bond acceptors (Lipinski definition) is 7. The van der Waals surface area contributed by atoms with E-state index >= 15 is 0 Å². The number of amidine groups is 1. The fourth-order valence-corrected chi connectivity index (χ4v) is 4.62. The molecule has 1 fully saturated rings. The number of carbonyl (C=O) groups excluding carboxylic acids is 1. The predicted octanol–water partition coefficient (Wildman–Crippen LogP) is 3.84. The summed E-state index contributed by atoms with van der Waals surface area (Å²) in [6, 6.07) is 17.4. The van der Waals surface area contributed by atoms with E-state index in [1.807, 2.05) is 48.5 Å². The first-order chi connectivity index (χ1) is 16.4.